The van der Waals surface area contributed by atoms with Gasteiger partial charge in [0.25, 0.3) is 11.3 Å². The number of aromatic amines is 1. The highest BCUT2D eigenvalue weighted by molar-refractivity contribution is 6.16. The van der Waals surface area contributed by atoms with Crippen LogP contribution in [-0.2, 0) is 17.2 Å². The molecule has 0 saturated heterocycles. The van der Waals surface area contributed by atoms with Crippen LogP contribution in [0.3, 0.4) is 0 Å². The van der Waals surface area contributed by atoms with Crippen molar-refractivity contribution in [2.45, 2.75) is 12.5 Å². The minimum Gasteiger partial charge on any atom is -0.444 e. The number of carbonyl (C=O) groups is 1. The van der Waals surface area contributed by atoms with Crippen LogP contribution in [0.15, 0.2) is 41.2 Å². The number of fused-ring (bicyclic) bond motifs is 1. The van der Waals surface area contributed by atoms with E-state index in [1.165, 1.54) is 6.07 Å². The predicted octanol–water partition coefficient (Wildman–Crippen LogP) is 1.91. The van der Waals surface area contributed by atoms with Gasteiger partial charge in [-0.1, -0.05) is 30.3 Å². The molecule has 2 aromatic heterocycles. The number of anilines is 1. The van der Waals surface area contributed by atoms with Gasteiger partial charge in [0.15, 0.2) is 0 Å². The molecule has 0 aliphatic heterocycles. The lowest BCUT2D eigenvalue weighted by Crippen LogP contribution is -2.16. The third-order valence-electron chi connectivity index (χ3n) is 2.95. The summed E-state index contributed by atoms with van der Waals surface area (Å²) < 4.78 is 6.16. The lowest BCUT2D eigenvalue weighted by molar-refractivity contribution is 0.155. The molecule has 23 heavy (non-hydrogen) atoms. The number of ether oxygens (including phenoxy) is 1. The Kier molecular flexibility index (Phi) is 4.24. The maximum Gasteiger partial charge on any atom is 0.414 e. The van der Waals surface area contributed by atoms with E-state index >= 15 is 0 Å². The molecule has 9 heteroatoms. The van der Waals surface area contributed by atoms with Crippen LogP contribution in [0.2, 0.25) is 0 Å². The summed E-state index contributed by atoms with van der Waals surface area (Å²) in [5, 5.41) is 5.03. The van der Waals surface area contributed by atoms with E-state index in [0.717, 1.165) is 10.1 Å². The summed E-state index contributed by atoms with van der Waals surface area (Å²) in [6, 6.07) is 10.5. The first-order valence-corrected chi connectivity index (χ1v) is 7.21. The molecule has 0 unspecified atom stereocenters. The van der Waals surface area contributed by atoms with Gasteiger partial charge in [-0.2, -0.15) is 9.50 Å². The first kappa shape index (κ1) is 15.0. The van der Waals surface area contributed by atoms with Gasteiger partial charge in [0.1, 0.15) is 6.61 Å². The largest absolute Gasteiger partial charge is 0.444 e. The van der Waals surface area contributed by atoms with Gasteiger partial charge in [0, 0.05) is 6.07 Å². The topological polar surface area (TPSA) is 101 Å². The van der Waals surface area contributed by atoms with Crippen LogP contribution in [0.5, 0.6) is 0 Å². The average molecular weight is 334 g/mol. The number of nitrogens with one attached hydrogen (secondary N) is 2. The molecule has 118 valence electrons. The van der Waals surface area contributed by atoms with Crippen molar-refractivity contribution >= 4 is 29.4 Å². The van der Waals surface area contributed by atoms with Crippen LogP contribution in [0, 0.1) is 0 Å². The van der Waals surface area contributed by atoms with Gasteiger partial charge in [-0.05, 0) is 5.56 Å². The number of amides is 1. The Hall–Kier alpha value is -2.87. The number of hydrogen-bond acceptors (Lipinski definition) is 5. The van der Waals surface area contributed by atoms with Gasteiger partial charge in [0.05, 0.1) is 11.6 Å². The summed E-state index contributed by atoms with van der Waals surface area (Å²) in [6.45, 7) is 0.126. The molecule has 0 fully saturated rings. The Bertz CT molecular complexity index is 890. The van der Waals surface area contributed by atoms with Crippen molar-refractivity contribution in [1.29, 1.82) is 0 Å². The van der Waals surface area contributed by atoms with Crippen molar-refractivity contribution in [2.75, 3.05) is 5.32 Å². The molecule has 2 heterocycles. The number of alkyl halides is 1. The molecule has 3 aromatic rings. The second kappa shape index (κ2) is 6.49. The average Bonchev–Trinajstić information content (AvgIpc) is 2.96. The van der Waals surface area contributed by atoms with Gasteiger partial charge >= 0.3 is 6.09 Å². The third-order valence-corrected chi connectivity index (χ3v) is 3.23. The Balaban J connectivity index is 1.70. The molecule has 0 bridgehead atoms. The molecule has 1 aromatic carbocycles. The molecule has 0 atom stereocenters. The van der Waals surface area contributed by atoms with Crippen LogP contribution < -0.4 is 10.9 Å². The number of H-pyrrole nitrogens is 1. The minimum atomic E-state index is -0.696. The zero-order chi connectivity index (χ0) is 16.2. The molecule has 8 nitrogen and oxygen atoms in total. The van der Waals surface area contributed by atoms with E-state index in [9.17, 15) is 9.59 Å². The van der Waals surface area contributed by atoms with E-state index in [0.29, 0.717) is 5.69 Å². The zero-order valence-electron chi connectivity index (χ0n) is 11.8. The van der Waals surface area contributed by atoms with Crippen molar-refractivity contribution in [2.24, 2.45) is 0 Å². The molecule has 0 radical (unpaired) electrons. The molecule has 0 aliphatic rings. The van der Waals surface area contributed by atoms with E-state index in [4.69, 9.17) is 16.3 Å². The molecule has 1 amide bonds. The standard InChI is InChI=1S/C14H12ClN5O3/c15-7-10-6-11(21)20-13(16-10)17-12(19-20)18-14(22)23-8-9-4-2-1-3-5-9/h1-6H,7-8H2,(H2,16,17,18,19,22). The summed E-state index contributed by atoms with van der Waals surface area (Å²) in [5.41, 5.74) is 0.891. The number of hydrogen-bond donors (Lipinski definition) is 2. The smallest absolute Gasteiger partial charge is 0.414 e. The molecule has 0 saturated carbocycles. The number of carbonyl (C=O) groups excluding carboxylic acids is 1. The van der Waals surface area contributed by atoms with Crippen LogP contribution >= 0.6 is 11.6 Å². The van der Waals surface area contributed by atoms with E-state index in [2.05, 4.69) is 20.4 Å². The maximum atomic E-state index is 11.8. The van der Waals surface area contributed by atoms with Crippen LogP contribution in [0.4, 0.5) is 10.7 Å². The summed E-state index contributed by atoms with van der Waals surface area (Å²) in [5.74, 6) is 0.270. The molecule has 2 N–H and O–H groups in total. The first-order valence-electron chi connectivity index (χ1n) is 6.68. The van der Waals surface area contributed by atoms with Gasteiger partial charge < -0.3 is 4.74 Å². The summed E-state index contributed by atoms with van der Waals surface area (Å²) in [4.78, 5) is 31.6. The molecular formula is C14H12ClN5O3. The van der Waals surface area contributed by atoms with E-state index in [1.807, 2.05) is 30.3 Å². The lowest BCUT2D eigenvalue weighted by Gasteiger charge is -2.04. The van der Waals surface area contributed by atoms with Crippen LogP contribution in [0.25, 0.3) is 5.78 Å². The first-order chi connectivity index (χ1) is 11.2. The fourth-order valence-corrected chi connectivity index (χ4v) is 2.04. The SMILES string of the molecule is O=C(Nc1nc2nc(CCl)cc(=O)n2[nH]1)OCc1ccccc1. The van der Waals surface area contributed by atoms with E-state index in [-0.39, 0.29) is 29.8 Å². The van der Waals surface area contributed by atoms with Gasteiger partial charge in [-0.15, -0.1) is 11.6 Å². The summed E-state index contributed by atoms with van der Waals surface area (Å²) >= 11 is 5.65. The van der Waals surface area contributed by atoms with Gasteiger partial charge in [-0.3, -0.25) is 15.2 Å². The van der Waals surface area contributed by atoms with Crippen LogP contribution in [-0.4, -0.2) is 25.7 Å². The maximum absolute atomic E-state index is 11.8. The third kappa shape index (κ3) is 3.49. The lowest BCUT2D eigenvalue weighted by atomic mass is 10.2. The summed E-state index contributed by atoms with van der Waals surface area (Å²) in [7, 11) is 0. The fraction of sp³-hybridized carbons (Fsp3) is 0.143. The number of rotatable bonds is 4. The molecule has 0 spiro atoms. The van der Waals surface area contributed by atoms with Gasteiger partial charge in [-0.25, -0.2) is 9.78 Å². The van der Waals surface area contributed by atoms with Crippen molar-refractivity contribution in [1.82, 2.24) is 19.6 Å². The highest BCUT2D eigenvalue weighted by atomic mass is 35.5. The fourth-order valence-electron chi connectivity index (χ4n) is 1.91. The molecule has 3 rings (SSSR count). The highest BCUT2D eigenvalue weighted by Gasteiger charge is 2.11. The second-order valence-corrected chi connectivity index (χ2v) is 4.88. The Morgan fingerprint density at radius 2 is 2.09 bits per heavy atom. The molecule has 0 aliphatic carbocycles. The number of aromatic nitrogens is 4. The number of benzene rings is 1. The Labute approximate surface area is 135 Å². The quantitative estimate of drug-likeness (QED) is 0.710. The highest BCUT2D eigenvalue weighted by Crippen LogP contribution is 2.05. The van der Waals surface area contributed by atoms with Crippen molar-refractivity contribution in [3.05, 3.63) is 58.0 Å². The normalized spacial score (nSPS) is 10.7. The van der Waals surface area contributed by atoms with E-state index in [1.54, 1.807) is 0 Å². The predicted molar refractivity (Wildman–Crippen MR) is 83.4 cm³/mol. The minimum absolute atomic E-state index is 0.0550. The van der Waals surface area contributed by atoms with Gasteiger partial charge in [0.2, 0.25) is 5.95 Å². The van der Waals surface area contributed by atoms with Crippen molar-refractivity contribution in [3.63, 3.8) is 0 Å². The van der Waals surface area contributed by atoms with Crippen molar-refractivity contribution in [3.8, 4) is 0 Å². The summed E-state index contributed by atoms with van der Waals surface area (Å²) in [6.07, 6.45) is -0.696. The zero-order valence-corrected chi connectivity index (χ0v) is 12.6. The second-order valence-electron chi connectivity index (χ2n) is 4.61. The molecular weight excluding hydrogens is 322 g/mol. The monoisotopic (exact) mass is 333 g/mol. The van der Waals surface area contributed by atoms with Crippen molar-refractivity contribution < 1.29 is 9.53 Å². The Morgan fingerprint density at radius 1 is 1.30 bits per heavy atom. The number of nitrogens with zero attached hydrogens (tertiary/aromatic N) is 3. The Morgan fingerprint density at radius 3 is 2.83 bits per heavy atom. The number of halogens is 1. The van der Waals surface area contributed by atoms with E-state index < -0.39 is 6.09 Å². The van der Waals surface area contributed by atoms with Crippen LogP contribution in [0.1, 0.15) is 11.3 Å².